The zero-order valence-electron chi connectivity index (χ0n) is 9.68. The summed E-state index contributed by atoms with van der Waals surface area (Å²) in [5.74, 6) is 0. The number of hydrogen-bond acceptors (Lipinski definition) is 3. The number of rotatable bonds is 5. The summed E-state index contributed by atoms with van der Waals surface area (Å²) < 4.78 is 7.02. The zero-order chi connectivity index (χ0) is 11.4. The van der Waals surface area contributed by atoms with Gasteiger partial charge in [-0.25, -0.2) is 0 Å². The van der Waals surface area contributed by atoms with E-state index in [1.54, 1.807) is 12.5 Å². The second-order valence-corrected chi connectivity index (χ2v) is 3.88. The smallest absolute Gasteiger partial charge is 0.0950 e. The predicted octanol–water partition coefficient (Wildman–Crippen LogP) is 1.91. The van der Waals surface area contributed by atoms with Crippen LogP contribution in [0.25, 0.3) is 0 Å². The molecule has 0 aromatic carbocycles. The van der Waals surface area contributed by atoms with Gasteiger partial charge in [0.15, 0.2) is 0 Å². The van der Waals surface area contributed by atoms with Crippen LogP contribution in [-0.2, 0) is 13.5 Å². The molecular formula is C12H17N3O. The molecule has 4 heteroatoms. The molecular weight excluding hydrogens is 202 g/mol. The quantitative estimate of drug-likeness (QED) is 0.835. The Labute approximate surface area is 95.3 Å². The molecule has 16 heavy (non-hydrogen) atoms. The fourth-order valence-electron chi connectivity index (χ4n) is 1.89. The molecule has 2 heterocycles. The van der Waals surface area contributed by atoms with E-state index >= 15 is 0 Å². The van der Waals surface area contributed by atoms with Gasteiger partial charge in [-0.15, -0.1) is 0 Å². The summed E-state index contributed by atoms with van der Waals surface area (Å²) in [6.07, 6.45) is 7.39. The Kier molecular flexibility index (Phi) is 3.41. The van der Waals surface area contributed by atoms with Gasteiger partial charge < -0.3 is 9.73 Å². The third kappa shape index (κ3) is 2.33. The van der Waals surface area contributed by atoms with Gasteiger partial charge in [-0.1, -0.05) is 0 Å². The van der Waals surface area contributed by atoms with Gasteiger partial charge >= 0.3 is 0 Å². The summed E-state index contributed by atoms with van der Waals surface area (Å²) in [5.41, 5.74) is 2.45. The van der Waals surface area contributed by atoms with Crippen LogP contribution in [-0.4, -0.2) is 16.8 Å². The second kappa shape index (κ2) is 4.99. The number of nitrogens with zero attached hydrogens (tertiary/aromatic N) is 2. The first-order chi connectivity index (χ1) is 7.81. The van der Waals surface area contributed by atoms with Crippen LogP contribution in [0.3, 0.4) is 0 Å². The Hall–Kier alpha value is -1.55. The van der Waals surface area contributed by atoms with Crippen LogP contribution in [0.1, 0.15) is 23.7 Å². The van der Waals surface area contributed by atoms with Crippen molar-refractivity contribution in [2.24, 2.45) is 7.05 Å². The first kappa shape index (κ1) is 11.0. The van der Waals surface area contributed by atoms with Crippen LogP contribution in [0.5, 0.6) is 0 Å². The van der Waals surface area contributed by atoms with E-state index in [9.17, 15) is 0 Å². The lowest BCUT2D eigenvalue weighted by molar-refractivity contribution is 0.516. The van der Waals surface area contributed by atoms with Crippen molar-refractivity contribution in [2.75, 3.05) is 7.05 Å². The van der Waals surface area contributed by atoms with E-state index in [0.29, 0.717) is 6.04 Å². The zero-order valence-corrected chi connectivity index (χ0v) is 9.68. The van der Waals surface area contributed by atoms with Gasteiger partial charge in [0.05, 0.1) is 12.5 Å². The van der Waals surface area contributed by atoms with E-state index in [0.717, 1.165) is 12.8 Å². The number of aryl methyl sites for hydroxylation is 2. The molecule has 0 amide bonds. The van der Waals surface area contributed by atoms with Crippen LogP contribution in [0.2, 0.25) is 0 Å². The van der Waals surface area contributed by atoms with Crippen molar-refractivity contribution in [1.29, 1.82) is 0 Å². The highest BCUT2D eigenvalue weighted by Crippen LogP contribution is 2.18. The van der Waals surface area contributed by atoms with Gasteiger partial charge in [-0.2, -0.15) is 5.10 Å². The van der Waals surface area contributed by atoms with Gasteiger partial charge in [0.1, 0.15) is 0 Å². The minimum atomic E-state index is 0.341. The van der Waals surface area contributed by atoms with Gasteiger partial charge in [-0.3, -0.25) is 4.68 Å². The van der Waals surface area contributed by atoms with Gasteiger partial charge in [0.2, 0.25) is 0 Å². The van der Waals surface area contributed by atoms with Crippen LogP contribution < -0.4 is 5.32 Å². The Morgan fingerprint density at radius 1 is 1.50 bits per heavy atom. The third-order valence-corrected chi connectivity index (χ3v) is 2.91. The largest absolute Gasteiger partial charge is 0.472 e. The van der Waals surface area contributed by atoms with E-state index in [1.165, 1.54) is 11.3 Å². The van der Waals surface area contributed by atoms with Gasteiger partial charge in [0, 0.05) is 30.5 Å². The number of nitrogens with one attached hydrogen (secondary N) is 1. The molecule has 2 rings (SSSR count). The molecule has 0 aliphatic rings. The molecule has 2 aromatic rings. The van der Waals surface area contributed by atoms with E-state index < -0.39 is 0 Å². The van der Waals surface area contributed by atoms with Crippen molar-refractivity contribution in [1.82, 2.24) is 15.1 Å². The molecule has 0 aliphatic heterocycles. The molecule has 0 bridgehead atoms. The Balaban J connectivity index is 1.96. The van der Waals surface area contributed by atoms with Crippen molar-refractivity contribution in [2.45, 2.75) is 18.9 Å². The highest BCUT2D eigenvalue weighted by atomic mass is 16.3. The monoisotopic (exact) mass is 219 g/mol. The number of hydrogen-bond donors (Lipinski definition) is 1. The van der Waals surface area contributed by atoms with Crippen molar-refractivity contribution < 1.29 is 4.42 Å². The molecule has 0 spiro atoms. The number of furan rings is 1. The maximum absolute atomic E-state index is 5.10. The molecule has 0 saturated heterocycles. The van der Waals surface area contributed by atoms with Crippen LogP contribution >= 0.6 is 0 Å². The third-order valence-electron chi connectivity index (χ3n) is 2.91. The molecule has 4 nitrogen and oxygen atoms in total. The lowest BCUT2D eigenvalue weighted by Crippen LogP contribution is -2.17. The Morgan fingerprint density at radius 2 is 2.38 bits per heavy atom. The molecule has 0 saturated carbocycles. The maximum Gasteiger partial charge on any atom is 0.0950 e. The standard InChI is InChI=1S/C12H17N3O/c1-13-12(10-6-8-16-9-10)4-3-11-5-7-14-15(11)2/h5-9,12-13H,3-4H2,1-2H3. The van der Waals surface area contributed by atoms with Gasteiger partial charge in [-0.05, 0) is 32.0 Å². The maximum atomic E-state index is 5.10. The highest BCUT2D eigenvalue weighted by Gasteiger charge is 2.11. The summed E-state index contributed by atoms with van der Waals surface area (Å²) in [6, 6.07) is 4.40. The first-order valence-electron chi connectivity index (χ1n) is 5.47. The summed E-state index contributed by atoms with van der Waals surface area (Å²) in [4.78, 5) is 0. The molecule has 0 radical (unpaired) electrons. The van der Waals surface area contributed by atoms with E-state index in [1.807, 2.05) is 31.0 Å². The summed E-state index contributed by atoms with van der Waals surface area (Å²) >= 11 is 0. The SMILES string of the molecule is CNC(CCc1ccnn1C)c1ccoc1. The van der Waals surface area contributed by atoms with Crippen molar-refractivity contribution in [3.8, 4) is 0 Å². The summed E-state index contributed by atoms with van der Waals surface area (Å²) in [7, 11) is 3.95. The fourth-order valence-corrected chi connectivity index (χ4v) is 1.89. The van der Waals surface area contributed by atoms with E-state index in [4.69, 9.17) is 4.42 Å². The van der Waals surface area contributed by atoms with E-state index in [-0.39, 0.29) is 0 Å². The minimum Gasteiger partial charge on any atom is -0.472 e. The Morgan fingerprint density at radius 3 is 2.94 bits per heavy atom. The minimum absolute atomic E-state index is 0.341. The molecule has 1 atom stereocenters. The average molecular weight is 219 g/mol. The highest BCUT2D eigenvalue weighted by molar-refractivity contribution is 5.12. The van der Waals surface area contributed by atoms with Crippen LogP contribution in [0.4, 0.5) is 0 Å². The molecule has 0 aliphatic carbocycles. The molecule has 86 valence electrons. The lowest BCUT2D eigenvalue weighted by Gasteiger charge is -2.13. The van der Waals surface area contributed by atoms with Gasteiger partial charge in [0.25, 0.3) is 0 Å². The molecule has 2 aromatic heterocycles. The van der Waals surface area contributed by atoms with Crippen molar-refractivity contribution >= 4 is 0 Å². The predicted molar refractivity (Wildman–Crippen MR) is 62.0 cm³/mol. The number of aromatic nitrogens is 2. The van der Waals surface area contributed by atoms with Crippen LogP contribution in [0.15, 0.2) is 35.3 Å². The summed E-state index contributed by atoms with van der Waals surface area (Å²) in [6.45, 7) is 0. The molecule has 1 N–H and O–H groups in total. The second-order valence-electron chi connectivity index (χ2n) is 3.88. The molecule has 0 fully saturated rings. The first-order valence-corrected chi connectivity index (χ1v) is 5.47. The average Bonchev–Trinajstić information content (AvgIpc) is 2.92. The topological polar surface area (TPSA) is 43.0 Å². The van der Waals surface area contributed by atoms with E-state index in [2.05, 4.69) is 16.5 Å². The molecule has 1 unspecified atom stereocenters. The Bertz CT molecular complexity index is 419. The van der Waals surface area contributed by atoms with Crippen molar-refractivity contribution in [3.63, 3.8) is 0 Å². The van der Waals surface area contributed by atoms with Crippen molar-refractivity contribution in [3.05, 3.63) is 42.1 Å². The van der Waals surface area contributed by atoms with Crippen LogP contribution in [0, 0.1) is 0 Å². The fraction of sp³-hybridized carbons (Fsp3) is 0.417. The summed E-state index contributed by atoms with van der Waals surface area (Å²) in [5, 5.41) is 7.46. The normalized spacial score (nSPS) is 12.9. The lowest BCUT2D eigenvalue weighted by atomic mass is 10.0.